The van der Waals surface area contributed by atoms with Crippen molar-refractivity contribution in [1.82, 2.24) is 0 Å². The Labute approximate surface area is 157 Å². The number of thiocarbonyl (C=S) groups is 1. The van der Waals surface area contributed by atoms with Gasteiger partial charge in [-0.2, -0.15) is 0 Å². The lowest BCUT2D eigenvalue weighted by molar-refractivity contribution is -0.384. The van der Waals surface area contributed by atoms with Crippen molar-refractivity contribution in [3.05, 3.63) is 68.9 Å². The summed E-state index contributed by atoms with van der Waals surface area (Å²) in [5.74, 6) is -0.535. The summed E-state index contributed by atoms with van der Waals surface area (Å²) in [6, 6.07) is 9.62. The zero-order valence-corrected chi connectivity index (χ0v) is 15.0. The van der Waals surface area contributed by atoms with Crippen LogP contribution in [0.15, 0.2) is 47.4 Å². The molecule has 2 aromatic carbocycles. The summed E-state index contributed by atoms with van der Waals surface area (Å²) in [6.45, 7) is 0. The van der Waals surface area contributed by atoms with Gasteiger partial charge in [-0.25, -0.2) is 4.39 Å². The molecule has 1 aliphatic rings. The number of carbonyl (C=O) groups excluding carboxylic acids is 1. The van der Waals surface area contributed by atoms with Gasteiger partial charge in [0.25, 0.3) is 11.6 Å². The molecule has 2 aromatic rings. The van der Waals surface area contributed by atoms with E-state index in [2.05, 4.69) is 0 Å². The molecule has 1 aliphatic heterocycles. The largest absolute Gasteiger partial charge is 0.496 e. The Bertz CT molecular complexity index is 962. The number of carbonyl (C=O) groups is 1. The van der Waals surface area contributed by atoms with Gasteiger partial charge in [-0.1, -0.05) is 30.0 Å². The second-order valence-corrected chi connectivity index (χ2v) is 6.86. The van der Waals surface area contributed by atoms with Crippen LogP contribution in [0.1, 0.15) is 5.56 Å². The summed E-state index contributed by atoms with van der Waals surface area (Å²) < 4.78 is 18.9. The van der Waals surface area contributed by atoms with E-state index >= 15 is 0 Å². The van der Waals surface area contributed by atoms with Gasteiger partial charge in [0.15, 0.2) is 4.32 Å². The molecule has 9 heteroatoms. The van der Waals surface area contributed by atoms with E-state index in [9.17, 15) is 19.3 Å². The number of anilines is 1. The molecule has 0 aromatic heterocycles. The molecule has 0 spiro atoms. The molecule has 1 fully saturated rings. The topological polar surface area (TPSA) is 72.7 Å². The Kier molecular flexibility index (Phi) is 5.01. The number of ether oxygens (including phenoxy) is 1. The predicted molar refractivity (Wildman–Crippen MR) is 102 cm³/mol. The number of thioether (sulfide) groups is 1. The van der Waals surface area contributed by atoms with Crippen LogP contribution < -0.4 is 9.64 Å². The Morgan fingerprint density at radius 2 is 2.08 bits per heavy atom. The SMILES string of the molecule is COc1ccc([N+](=O)[O-])cc1/C=C1/SC(=S)N(c2cccc(F)c2)C1=O. The average molecular weight is 390 g/mol. The lowest BCUT2D eigenvalue weighted by atomic mass is 10.1. The molecule has 1 saturated heterocycles. The average Bonchev–Trinajstić information content (AvgIpc) is 2.88. The molecule has 0 N–H and O–H groups in total. The van der Waals surface area contributed by atoms with E-state index in [4.69, 9.17) is 17.0 Å². The number of nitro benzene ring substituents is 1. The lowest BCUT2D eigenvalue weighted by Crippen LogP contribution is -2.27. The number of nitro groups is 1. The van der Waals surface area contributed by atoms with Crippen molar-refractivity contribution >= 4 is 51.7 Å². The molecule has 26 heavy (non-hydrogen) atoms. The number of benzene rings is 2. The molecule has 0 unspecified atom stereocenters. The maximum absolute atomic E-state index is 13.5. The first-order valence-electron chi connectivity index (χ1n) is 7.26. The first kappa shape index (κ1) is 18.0. The fourth-order valence-corrected chi connectivity index (χ4v) is 3.68. The minimum absolute atomic E-state index is 0.127. The van der Waals surface area contributed by atoms with Crippen LogP contribution in [0, 0.1) is 15.9 Å². The third-order valence-electron chi connectivity index (χ3n) is 3.57. The van der Waals surface area contributed by atoms with Gasteiger partial charge >= 0.3 is 0 Å². The maximum Gasteiger partial charge on any atom is 0.270 e. The van der Waals surface area contributed by atoms with E-state index in [0.29, 0.717) is 17.0 Å². The van der Waals surface area contributed by atoms with Crippen LogP contribution in [-0.4, -0.2) is 22.3 Å². The quantitative estimate of drug-likeness (QED) is 0.338. The van der Waals surface area contributed by atoms with Gasteiger partial charge in [0.05, 0.1) is 22.6 Å². The molecule has 1 heterocycles. The smallest absolute Gasteiger partial charge is 0.270 e. The first-order valence-corrected chi connectivity index (χ1v) is 8.49. The summed E-state index contributed by atoms with van der Waals surface area (Å²) in [4.78, 5) is 24.6. The number of nitrogens with zero attached hydrogens (tertiary/aromatic N) is 2. The van der Waals surface area contributed by atoms with Crippen LogP contribution in [0.5, 0.6) is 5.75 Å². The van der Waals surface area contributed by atoms with Crippen molar-refractivity contribution in [2.75, 3.05) is 12.0 Å². The van der Waals surface area contributed by atoms with E-state index in [-0.39, 0.29) is 14.9 Å². The van der Waals surface area contributed by atoms with Gasteiger partial charge in [0, 0.05) is 17.7 Å². The van der Waals surface area contributed by atoms with Crippen molar-refractivity contribution in [1.29, 1.82) is 0 Å². The molecule has 0 atom stereocenters. The van der Waals surface area contributed by atoms with E-state index < -0.39 is 16.6 Å². The molecule has 0 bridgehead atoms. The number of amides is 1. The highest BCUT2D eigenvalue weighted by atomic mass is 32.2. The second-order valence-electron chi connectivity index (χ2n) is 5.18. The second kappa shape index (κ2) is 7.22. The van der Waals surface area contributed by atoms with Crippen LogP contribution in [-0.2, 0) is 4.79 Å². The van der Waals surface area contributed by atoms with Crippen molar-refractivity contribution in [3.8, 4) is 5.75 Å². The molecular weight excluding hydrogens is 379 g/mol. The summed E-state index contributed by atoms with van der Waals surface area (Å²) in [6.07, 6.45) is 1.48. The van der Waals surface area contributed by atoms with Crippen LogP contribution in [0.3, 0.4) is 0 Å². The van der Waals surface area contributed by atoms with Gasteiger partial charge in [0.2, 0.25) is 0 Å². The Morgan fingerprint density at radius 1 is 1.31 bits per heavy atom. The van der Waals surface area contributed by atoms with Gasteiger partial charge in [0.1, 0.15) is 11.6 Å². The standard InChI is InChI=1S/C17H11FN2O4S2/c1-24-14-6-5-13(20(22)23)7-10(14)8-15-16(21)19(17(25)26-15)12-4-2-3-11(18)9-12/h2-9H,1H3/b15-8+. The van der Waals surface area contributed by atoms with E-state index in [1.165, 1.54) is 54.5 Å². The normalized spacial score (nSPS) is 15.6. The van der Waals surface area contributed by atoms with Crippen LogP contribution >= 0.6 is 24.0 Å². The van der Waals surface area contributed by atoms with Crippen LogP contribution in [0.2, 0.25) is 0 Å². The van der Waals surface area contributed by atoms with Gasteiger partial charge in [-0.05, 0) is 30.3 Å². The van der Waals surface area contributed by atoms with E-state index in [1.54, 1.807) is 6.07 Å². The fourth-order valence-electron chi connectivity index (χ4n) is 2.39. The molecule has 132 valence electrons. The van der Waals surface area contributed by atoms with Crippen molar-refractivity contribution in [2.45, 2.75) is 0 Å². The molecule has 0 aliphatic carbocycles. The maximum atomic E-state index is 13.5. The summed E-state index contributed by atoms with van der Waals surface area (Å²) in [5.41, 5.74) is 0.570. The molecule has 0 saturated carbocycles. The highest BCUT2D eigenvalue weighted by Crippen LogP contribution is 2.37. The molecule has 3 rings (SSSR count). The minimum atomic E-state index is -0.533. The Morgan fingerprint density at radius 3 is 2.73 bits per heavy atom. The predicted octanol–water partition coefficient (Wildman–Crippen LogP) is 4.15. The molecule has 1 amide bonds. The summed E-state index contributed by atoms with van der Waals surface area (Å²) in [7, 11) is 1.43. The highest BCUT2D eigenvalue weighted by Gasteiger charge is 2.33. The highest BCUT2D eigenvalue weighted by molar-refractivity contribution is 8.27. The monoisotopic (exact) mass is 390 g/mol. The van der Waals surface area contributed by atoms with E-state index in [1.807, 2.05) is 0 Å². The van der Waals surface area contributed by atoms with Crippen molar-refractivity contribution < 1.29 is 18.8 Å². The van der Waals surface area contributed by atoms with Crippen molar-refractivity contribution in [3.63, 3.8) is 0 Å². The number of non-ortho nitro benzene ring substituents is 1. The fraction of sp³-hybridized carbons (Fsp3) is 0.0588. The number of hydrogen-bond donors (Lipinski definition) is 0. The summed E-state index contributed by atoms with van der Waals surface area (Å²) in [5, 5.41) is 11.0. The molecule has 6 nitrogen and oxygen atoms in total. The van der Waals surface area contributed by atoms with Crippen LogP contribution in [0.25, 0.3) is 6.08 Å². The summed E-state index contributed by atoms with van der Waals surface area (Å²) >= 11 is 6.26. The Hall–Kier alpha value is -2.78. The number of methoxy groups -OCH3 is 1. The molecular formula is C17H11FN2O4S2. The third kappa shape index (κ3) is 3.44. The van der Waals surface area contributed by atoms with E-state index in [0.717, 1.165) is 11.8 Å². The van der Waals surface area contributed by atoms with Gasteiger partial charge in [-0.15, -0.1) is 0 Å². The first-order chi connectivity index (χ1) is 12.4. The minimum Gasteiger partial charge on any atom is -0.496 e. The molecule has 0 radical (unpaired) electrons. The zero-order chi connectivity index (χ0) is 18.8. The number of hydrogen-bond acceptors (Lipinski definition) is 6. The van der Waals surface area contributed by atoms with Crippen molar-refractivity contribution in [2.24, 2.45) is 0 Å². The third-order valence-corrected chi connectivity index (χ3v) is 4.87. The van der Waals surface area contributed by atoms with Gasteiger partial charge < -0.3 is 4.74 Å². The number of halogens is 1. The number of rotatable bonds is 4. The van der Waals surface area contributed by atoms with Gasteiger partial charge in [-0.3, -0.25) is 19.8 Å². The zero-order valence-electron chi connectivity index (χ0n) is 13.3. The van der Waals surface area contributed by atoms with Crippen LogP contribution in [0.4, 0.5) is 15.8 Å². The Balaban J connectivity index is 2.00. The lowest BCUT2D eigenvalue weighted by Gasteiger charge is -2.14.